The van der Waals surface area contributed by atoms with Gasteiger partial charge in [-0.2, -0.15) is 0 Å². The van der Waals surface area contributed by atoms with E-state index in [1.54, 1.807) is 0 Å². The lowest BCUT2D eigenvalue weighted by Crippen LogP contribution is -2.74. The van der Waals surface area contributed by atoms with Crippen LogP contribution in [0.2, 0.25) is 0 Å². The largest absolute Gasteiger partial charge is 0.679 e. The molecule has 2 aliphatic heterocycles. The van der Waals surface area contributed by atoms with E-state index in [0.29, 0.717) is 0 Å². The Morgan fingerprint density at radius 2 is 0.941 bits per heavy atom. The molecule has 0 spiro atoms. The summed E-state index contributed by atoms with van der Waals surface area (Å²) in [6, 6.07) is 0. The van der Waals surface area contributed by atoms with Gasteiger partial charge in [-0.15, -0.1) is 0 Å². The second kappa shape index (κ2) is 6.61. The second-order valence-corrected chi connectivity index (χ2v) is 2.50. The van der Waals surface area contributed by atoms with E-state index in [1.807, 2.05) is 0 Å². The van der Waals surface area contributed by atoms with Crippen molar-refractivity contribution in [2.75, 3.05) is 0 Å². The molecule has 17 heavy (non-hydrogen) atoms. The van der Waals surface area contributed by atoms with Crippen molar-refractivity contribution >= 4 is 28.6 Å². The van der Waals surface area contributed by atoms with Gasteiger partial charge >= 0.3 is 28.6 Å². The quantitative estimate of drug-likeness (QED) is 0.228. The molecule has 0 atom stereocenters. The molecule has 2 rings (SSSR count). The highest BCUT2D eigenvalue weighted by molar-refractivity contribution is 6.84. The Morgan fingerprint density at radius 1 is 0.706 bits per heavy atom. The van der Waals surface area contributed by atoms with Crippen LogP contribution in [-0.4, -0.2) is 59.6 Å². The average molecular weight is 263 g/mol. The third kappa shape index (κ3) is 4.48. The van der Waals surface area contributed by atoms with Gasteiger partial charge in [-0.05, 0) is 0 Å². The first kappa shape index (κ1) is 22.0. The maximum Gasteiger partial charge on any atom is 0.553 e. The van der Waals surface area contributed by atoms with E-state index in [4.69, 9.17) is 10.0 Å². The van der Waals surface area contributed by atoms with Gasteiger partial charge in [0.05, 0.1) is 0 Å². The molecule has 2 heterocycles. The molecular formula is H16B4N2O11. The van der Waals surface area contributed by atoms with Gasteiger partial charge < -0.3 is 66.2 Å². The van der Waals surface area contributed by atoms with Crippen LogP contribution in [0.4, 0.5) is 0 Å². The van der Waals surface area contributed by atoms with Gasteiger partial charge in [0.1, 0.15) is 0 Å². The van der Waals surface area contributed by atoms with Crippen LogP contribution in [0.3, 0.4) is 0 Å². The van der Waals surface area contributed by atoms with Gasteiger partial charge in [0, 0.05) is 0 Å². The van der Waals surface area contributed by atoms with Gasteiger partial charge in [0.2, 0.25) is 0 Å². The molecule has 2 saturated heterocycles. The molecule has 2 fully saturated rings. The summed E-state index contributed by atoms with van der Waals surface area (Å²) in [5, 5.41) is 35.9. The lowest BCUT2D eigenvalue weighted by Gasteiger charge is -2.59. The highest BCUT2D eigenvalue weighted by Gasteiger charge is 2.52. The third-order valence-electron chi connectivity index (χ3n) is 1.50. The van der Waals surface area contributed by atoms with Crippen LogP contribution < -0.4 is 12.3 Å². The second-order valence-electron chi connectivity index (χ2n) is 2.50. The Morgan fingerprint density at radius 3 is 1.18 bits per heavy atom. The molecule has 0 radical (unpaired) electrons. The number of rotatable bonds is 0. The fourth-order valence-corrected chi connectivity index (χ4v) is 1.06. The van der Waals surface area contributed by atoms with Crippen molar-refractivity contribution in [1.29, 1.82) is 0 Å². The van der Waals surface area contributed by atoms with Crippen LogP contribution >= 0.6 is 0 Å². The molecule has 0 aromatic carbocycles. The van der Waals surface area contributed by atoms with Crippen LogP contribution in [0.1, 0.15) is 0 Å². The first-order valence-electron chi connectivity index (χ1n) is 3.39. The van der Waals surface area contributed by atoms with Gasteiger partial charge in [0.15, 0.2) is 0 Å². The molecule has 2 aliphatic rings. The van der Waals surface area contributed by atoms with Crippen LogP contribution in [0.5, 0.6) is 0 Å². The van der Waals surface area contributed by atoms with E-state index in [1.165, 1.54) is 0 Å². The van der Waals surface area contributed by atoms with Crippen molar-refractivity contribution in [1.82, 2.24) is 12.3 Å². The molecule has 0 saturated carbocycles. The molecule has 0 aromatic heterocycles. The highest BCUT2D eigenvalue weighted by atomic mass is 17.0. The normalized spacial score (nSPS) is 34.6. The lowest BCUT2D eigenvalue weighted by atomic mass is 9.81. The summed E-state index contributed by atoms with van der Waals surface area (Å²) in [6.07, 6.45) is 0. The molecule has 13 nitrogen and oxygen atoms in total. The summed E-state index contributed by atoms with van der Waals surface area (Å²) in [5.41, 5.74) is 0. The number of hydrogen-bond acceptors (Lipinski definition) is 9. The van der Waals surface area contributed by atoms with Crippen molar-refractivity contribution in [3.8, 4) is 0 Å². The predicted octanol–water partition coefficient (Wildman–Crippen LogP) is -4.99. The zero-order valence-electron chi connectivity index (χ0n) is 9.14. The number of quaternary nitrogens is 2. The predicted molar refractivity (Wildman–Crippen MR) is 56.5 cm³/mol. The topological polar surface area (TPSA) is 263 Å². The maximum absolute atomic E-state index is 9.18. The minimum absolute atomic E-state index is 0. The molecule has 0 aromatic rings. The van der Waals surface area contributed by atoms with Gasteiger partial charge in [-0.1, -0.05) is 0 Å². The van der Waals surface area contributed by atoms with E-state index >= 15 is 0 Å². The van der Waals surface area contributed by atoms with Crippen LogP contribution in [-0.2, 0) is 22.9 Å². The van der Waals surface area contributed by atoms with Crippen molar-refractivity contribution < 1.29 is 53.9 Å². The number of hydrogen-bond donors (Lipinski definition) is 6. The Kier molecular flexibility index (Phi) is 8.55. The molecule has 2 bridgehead atoms. The molecule has 0 aliphatic carbocycles. The Labute approximate surface area is 95.8 Å². The summed E-state index contributed by atoms with van der Waals surface area (Å²) < 4.78 is 21.1. The molecular weight excluding hydrogens is 247 g/mol. The average Bonchev–Trinajstić information content (AvgIpc) is 1.75. The van der Waals surface area contributed by atoms with Gasteiger partial charge in [0.25, 0.3) is 0 Å². The molecule has 0 amide bonds. The van der Waals surface area contributed by atoms with E-state index in [9.17, 15) is 10.0 Å². The van der Waals surface area contributed by atoms with Crippen LogP contribution in [0, 0.1) is 0 Å². The van der Waals surface area contributed by atoms with Gasteiger partial charge in [-0.3, -0.25) is 0 Å². The Hall–Kier alpha value is -0.260. The summed E-state index contributed by atoms with van der Waals surface area (Å²) >= 11 is 0. The standard InChI is InChI=1S/B4H4O9.2H3N.2H2O/c5-1-9-3(7)11-2(6)12-4(8,10-1)13-3;;;;/h5-8H;2*1H3;2*1H2/q-2;;;;/p+2. The first-order chi connectivity index (χ1) is 5.91. The summed E-state index contributed by atoms with van der Waals surface area (Å²) in [6.45, 7) is -6.90. The van der Waals surface area contributed by atoms with E-state index < -0.39 is 28.6 Å². The summed E-state index contributed by atoms with van der Waals surface area (Å²) in [4.78, 5) is 0. The summed E-state index contributed by atoms with van der Waals surface area (Å²) in [7, 11) is -3.92. The van der Waals surface area contributed by atoms with Crippen LogP contribution in [0.25, 0.3) is 0 Å². The molecule has 0 unspecified atom stereocenters. The monoisotopic (exact) mass is 264 g/mol. The van der Waals surface area contributed by atoms with Crippen molar-refractivity contribution in [3.05, 3.63) is 0 Å². The smallest absolute Gasteiger partial charge is 0.553 e. The maximum atomic E-state index is 9.18. The number of fused-ring (bicyclic) bond motifs is 2. The van der Waals surface area contributed by atoms with Crippen molar-refractivity contribution in [2.45, 2.75) is 0 Å². The van der Waals surface area contributed by atoms with E-state index in [2.05, 4.69) is 22.9 Å². The Bertz CT molecular complexity index is 192. The SMILES string of the molecule is O.O.OB1O[B-]2(O)OB(O)O[B-](O)(O1)O2.[NH4+].[NH4+]. The van der Waals surface area contributed by atoms with Crippen molar-refractivity contribution in [3.63, 3.8) is 0 Å². The zero-order valence-corrected chi connectivity index (χ0v) is 9.14. The molecule has 16 N–H and O–H groups in total. The minimum Gasteiger partial charge on any atom is -0.679 e. The van der Waals surface area contributed by atoms with E-state index in [0.717, 1.165) is 0 Å². The van der Waals surface area contributed by atoms with Gasteiger partial charge in [-0.25, -0.2) is 0 Å². The molecule has 104 valence electrons. The zero-order chi connectivity index (χ0) is 9.69. The minimum atomic E-state index is -3.45. The van der Waals surface area contributed by atoms with Crippen LogP contribution in [0.15, 0.2) is 0 Å². The van der Waals surface area contributed by atoms with E-state index in [-0.39, 0.29) is 23.3 Å². The highest BCUT2D eigenvalue weighted by Crippen LogP contribution is 2.27. The molecule has 17 heteroatoms. The fraction of sp³-hybridized carbons (Fsp3) is 0. The fourth-order valence-electron chi connectivity index (χ4n) is 1.06. The first-order valence-corrected chi connectivity index (χ1v) is 3.39. The Balaban J connectivity index is -0.000000490. The lowest BCUT2D eigenvalue weighted by molar-refractivity contribution is -0.0384. The van der Waals surface area contributed by atoms with Crippen molar-refractivity contribution in [2.24, 2.45) is 0 Å². The third-order valence-corrected chi connectivity index (χ3v) is 1.50. The summed E-state index contributed by atoms with van der Waals surface area (Å²) in [5.74, 6) is 0.